The van der Waals surface area contributed by atoms with Gasteiger partial charge in [0.1, 0.15) is 17.8 Å². The average molecular weight is 380 g/mol. The first kappa shape index (κ1) is 17.8. The molecule has 3 rings (SSSR count). The van der Waals surface area contributed by atoms with E-state index in [1.807, 2.05) is 13.8 Å². The Morgan fingerprint density at radius 2 is 2.12 bits per heavy atom. The zero-order chi connectivity index (χ0) is 19.1. The minimum Gasteiger partial charge on any atom is -0.354 e. The molecule has 138 valence electrons. The van der Waals surface area contributed by atoms with Crippen LogP contribution in [0.2, 0.25) is 0 Å². The summed E-state index contributed by atoms with van der Waals surface area (Å²) in [5.74, 6) is -0.115. The normalized spacial score (nSPS) is 17.0. The fraction of sp³-hybridized carbons (Fsp3) is 0.357. The first-order chi connectivity index (χ1) is 12.2. The summed E-state index contributed by atoms with van der Waals surface area (Å²) in [7, 11) is -4.12. The number of hydrogen-bond donors (Lipinski definition) is 1. The van der Waals surface area contributed by atoms with Gasteiger partial charge in [-0.1, -0.05) is 13.8 Å². The lowest BCUT2D eigenvalue weighted by Gasteiger charge is -2.31. The van der Waals surface area contributed by atoms with Gasteiger partial charge in [-0.25, -0.2) is 5.01 Å². The number of amides is 1. The third-order valence-corrected chi connectivity index (χ3v) is 4.91. The third kappa shape index (κ3) is 3.22. The van der Waals surface area contributed by atoms with E-state index in [0.29, 0.717) is 6.54 Å². The Hall–Kier alpha value is -3.02. The smallest absolute Gasteiger partial charge is 0.288 e. The van der Waals surface area contributed by atoms with Gasteiger partial charge in [0.15, 0.2) is 0 Å². The molecule has 2 aliphatic rings. The number of carbonyl (C=O) groups is 1. The first-order valence-corrected chi connectivity index (χ1v) is 9.14. The van der Waals surface area contributed by atoms with E-state index in [1.54, 1.807) is 0 Å². The van der Waals surface area contributed by atoms with E-state index < -0.39 is 14.9 Å². The van der Waals surface area contributed by atoms with Gasteiger partial charge < -0.3 is 5.32 Å². The molecule has 2 heterocycles. The number of benzene rings is 1. The number of sulfonamides is 1. The minimum absolute atomic E-state index is 0.105. The van der Waals surface area contributed by atoms with Gasteiger partial charge in [0, 0.05) is 18.7 Å². The van der Waals surface area contributed by atoms with Gasteiger partial charge in [0.2, 0.25) is 5.91 Å². The monoisotopic (exact) mass is 380 g/mol. The second kappa shape index (κ2) is 6.37. The van der Waals surface area contributed by atoms with Crippen molar-refractivity contribution >= 4 is 39.6 Å². The summed E-state index contributed by atoms with van der Waals surface area (Å²) in [6.45, 7) is 4.32. The summed E-state index contributed by atoms with van der Waals surface area (Å²) in [6.07, 6.45) is 1.29. The number of nitrogens with one attached hydrogen (secondary N) is 1. The van der Waals surface area contributed by atoms with Gasteiger partial charge in [0.05, 0.1) is 10.6 Å². The lowest BCUT2D eigenvalue weighted by molar-refractivity contribution is -0.385. The average Bonchev–Trinajstić information content (AvgIpc) is 2.94. The number of nitro groups is 1. The summed E-state index contributed by atoms with van der Waals surface area (Å²) >= 11 is 0. The van der Waals surface area contributed by atoms with Crippen LogP contribution in [0.25, 0.3) is 0 Å². The first-order valence-electron chi connectivity index (χ1n) is 7.70. The lowest BCUT2D eigenvalue weighted by atomic mass is 10.2. The van der Waals surface area contributed by atoms with Crippen LogP contribution in [-0.2, 0) is 14.8 Å². The number of nitro benzene ring substituents is 1. The van der Waals surface area contributed by atoms with Gasteiger partial charge in [0.25, 0.3) is 21.7 Å². The quantitative estimate of drug-likeness (QED) is 0.579. The molecule has 26 heavy (non-hydrogen) atoms. The maximum absolute atomic E-state index is 12.3. The molecule has 1 amide bonds. The minimum atomic E-state index is -4.12. The topological polar surface area (TPSA) is 138 Å². The van der Waals surface area contributed by atoms with Crippen molar-refractivity contribution in [3.63, 3.8) is 0 Å². The summed E-state index contributed by atoms with van der Waals surface area (Å²) in [5, 5.41) is 16.4. The maximum atomic E-state index is 12.3. The molecule has 0 spiro atoms. The largest absolute Gasteiger partial charge is 0.354 e. The summed E-state index contributed by atoms with van der Waals surface area (Å²) in [4.78, 5) is 25.9. The molecule has 0 saturated carbocycles. The highest BCUT2D eigenvalue weighted by atomic mass is 32.2. The number of nitrogens with zero attached hydrogens (tertiary/aromatic N) is 5. The molecule has 2 aliphatic heterocycles. The zero-order valence-corrected chi connectivity index (χ0v) is 14.8. The molecule has 11 nitrogen and oxygen atoms in total. The van der Waals surface area contributed by atoms with Crippen LogP contribution >= 0.6 is 0 Å². The van der Waals surface area contributed by atoms with E-state index >= 15 is 0 Å². The highest BCUT2D eigenvalue weighted by Crippen LogP contribution is 2.36. The van der Waals surface area contributed by atoms with Gasteiger partial charge in [-0.15, -0.1) is 4.40 Å². The van der Waals surface area contributed by atoms with Crippen molar-refractivity contribution in [2.75, 3.05) is 18.1 Å². The van der Waals surface area contributed by atoms with Crippen LogP contribution in [0, 0.1) is 16.0 Å². The molecule has 0 bridgehead atoms. The summed E-state index contributed by atoms with van der Waals surface area (Å²) < 4.78 is 28.1. The van der Waals surface area contributed by atoms with E-state index in [-0.39, 0.29) is 40.6 Å². The van der Waals surface area contributed by atoms with Gasteiger partial charge in [-0.2, -0.15) is 13.4 Å². The van der Waals surface area contributed by atoms with Crippen molar-refractivity contribution in [1.29, 1.82) is 0 Å². The van der Waals surface area contributed by atoms with Gasteiger partial charge in [-0.3, -0.25) is 19.9 Å². The Morgan fingerprint density at radius 3 is 2.77 bits per heavy atom. The number of fused-ring (bicyclic) bond motifs is 3. The number of guanidine groups is 1. The van der Waals surface area contributed by atoms with E-state index in [1.165, 1.54) is 28.5 Å². The van der Waals surface area contributed by atoms with E-state index in [2.05, 4.69) is 14.7 Å². The number of hydrazine groups is 1. The Bertz CT molecular complexity index is 939. The predicted molar refractivity (Wildman–Crippen MR) is 93.2 cm³/mol. The second-order valence-electron chi connectivity index (χ2n) is 6.13. The van der Waals surface area contributed by atoms with Crippen molar-refractivity contribution < 1.29 is 18.1 Å². The molecule has 0 fully saturated rings. The van der Waals surface area contributed by atoms with Crippen LogP contribution in [0.4, 0.5) is 11.4 Å². The molecule has 1 aromatic rings. The molecule has 0 atom stereocenters. The second-order valence-corrected chi connectivity index (χ2v) is 7.70. The molecular formula is C14H16N6O5S. The molecule has 0 unspecified atom stereocenters. The number of non-ortho nitro benzene ring substituents is 1. The van der Waals surface area contributed by atoms with Crippen molar-refractivity contribution in [1.82, 2.24) is 10.3 Å². The van der Waals surface area contributed by atoms with Crippen molar-refractivity contribution in [3.05, 3.63) is 28.3 Å². The van der Waals surface area contributed by atoms with Crippen LogP contribution in [-0.4, -0.2) is 49.6 Å². The van der Waals surface area contributed by atoms with Crippen molar-refractivity contribution in [3.8, 4) is 0 Å². The van der Waals surface area contributed by atoms with Crippen LogP contribution in [0.3, 0.4) is 0 Å². The van der Waals surface area contributed by atoms with Gasteiger partial charge in [-0.05, 0) is 12.0 Å². The Balaban J connectivity index is 1.92. The molecule has 0 aromatic heterocycles. The summed E-state index contributed by atoms with van der Waals surface area (Å²) in [6, 6.07) is 3.43. The molecule has 0 radical (unpaired) electrons. The van der Waals surface area contributed by atoms with E-state index in [9.17, 15) is 23.3 Å². The standard InChI is InChI=1S/C14H16N6O5S/c1-9(2)6-15-13(21)7-18-8-16-14-17-26(24,25)12-5-10(20(22)23)3-4-11(12)19(14)18/h3-5,8-9H,6-7H2,1-2H3,(H,15,21). The molecular weight excluding hydrogens is 364 g/mol. The highest BCUT2D eigenvalue weighted by molar-refractivity contribution is 7.90. The lowest BCUT2D eigenvalue weighted by Crippen LogP contribution is -2.47. The molecule has 1 aromatic carbocycles. The fourth-order valence-corrected chi connectivity index (χ4v) is 3.56. The molecule has 12 heteroatoms. The highest BCUT2D eigenvalue weighted by Gasteiger charge is 2.38. The van der Waals surface area contributed by atoms with Gasteiger partial charge >= 0.3 is 0 Å². The number of hydrogen-bond acceptors (Lipinski definition) is 8. The molecule has 0 saturated heterocycles. The number of anilines is 1. The van der Waals surface area contributed by atoms with E-state index in [0.717, 1.165) is 6.07 Å². The number of carbonyl (C=O) groups excluding carboxylic acids is 1. The third-order valence-electron chi connectivity index (χ3n) is 3.63. The zero-order valence-electron chi connectivity index (χ0n) is 14.0. The van der Waals surface area contributed by atoms with Crippen LogP contribution in [0.15, 0.2) is 32.5 Å². The van der Waals surface area contributed by atoms with Crippen molar-refractivity contribution in [2.45, 2.75) is 18.7 Å². The SMILES string of the molecule is CC(C)CNC(=O)CN1C=NC2=NS(=O)(=O)c3cc([N+](=O)[O-])ccc3N21. The fourth-order valence-electron chi connectivity index (χ4n) is 2.44. The number of rotatable bonds is 5. The van der Waals surface area contributed by atoms with Crippen molar-refractivity contribution in [2.24, 2.45) is 15.3 Å². The maximum Gasteiger partial charge on any atom is 0.288 e. The predicted octanol–water partition coefficient (Wildman–Crippen LogP) is 0.491. The summed E-state index contributed by atoms with van der Waals surface area (Å²) in [5.41, 5.74) is -0.220. The molecule has 1 N–H and O–H groups in total. The van der Waals surface area contributed by atoms with E-state index in [4.69, 9.17) is 0 Å². The Labute approximate surface area is 149 Å². The number of aliphatic imine (C=N–C) groups is 1. The Kier molecular flexibility index (Phi) is 4.36. The van der Waals surface area contributed by atoms with Crippen LogP contribution < -0.4 is 10.3 Å². The Morgan fingerprint density at radius 1 is 1.38 bits per heavy atom. The molecule has 0 aliphatic carbocycles. The van der Waals surface area contributed by atoms with Crippen LogP contribution in [0.1, 0.15) is 13.8 Å². The van der Waals surface area contributed by atoms with Crippen LogP contribution in [0.5, 0.6) is 0 Å².